The number of carbonyl (C=O) groups excluding carboxylic acids is 1. The van der Waals surface area contributed by atoms with Gasteiger partial charge in [0.25, 0.3) is 0 Å². The van der Waals surface area contributed by atoms with Crippen molar-refractivity contribution in [3.8, 4) is 6.07 Å². The zero-order valence-corrected chi connectivity index (χ0v) is 11.6. The van der Waals surface area contributed by atoms with Crippen molar-refractivity contribution in [1.82, 2.24) is 4.90 Å². The summed E-state index contributed by atoms with van der Waals surface area (Å²) in [4.78, 5) is 14.3. The maximum absolute atomic E-state index is 12.2. The van der Waals surface area contributed by atoms with Crippen molar-refractivity contribution in [2.24, 2.45) is 22.7 Å². The maximum Gasteiger partial charge on any atom is 0.224 e. The number of hydrogen-bond acceptors (Lipinski definition) is 2. The molecule has 4 atom stereocenters. The van der Waals surface area contributed by atoms with E-state index in [4.69, 9.17) is 5.26 Å². The van der Waals surface area contributed by atoms with E-state index in [0.717, 1.165) is 5.92 Å². The Balaban J connectivity index is 1.93. The lowest BCUT2D eigenvalue weighted by Gasteiger charge is -2.47. The number of likely N-dealkylation sites (tertiary alicyclic amines) is 1. The van der Waals surface area contributed by atoms with Gasteiger partial charge in [-0.2, -0.15) is 5.26 Å². The fraction of sp³-hybridized carbons (Fsp3) is 0.867. The molecule has 1 amide bonds. The van der Waals surface area contributed by atoms with Gasteiger partial charge in [0.05, 0.1) is 12.0 Å². The van der Waals surface area contributed by atoms with Gasteiger partial charge in [0.1, 0.15) is 0 Å². The van der Waals surface area contributed by atoms with Gasteiger partial charge < -0.3 is 4.90 Å². The van der Waals surface area contributed by atoms with E-state index in [0.29, 0.717) is 19.0 Å². The van der Waals surface area contributed by atoms with Gasteiger partial charge in [-0.15, -0.1) is 0 Å². The summed E-state index contributed by atoms with van der Waals surface area (Å²) in [6.45, 7) is 7.64. The molecule has 1 saturated heterocycles. The summed E-state index contributed by atoms with van der Waals surface area (Å²) in [6.07, 6.45) is 4.24. The van der Waals surface area contributed by atoms with E-state index in [2.05, 4.69) is 26.8 Å². The standard InChI is InChI=1S/C15H22N2O/c1-14(2)11-4-5-15(3,7-11)13(14)17-9-10(8-16)6-12(17)18/h10-11,13H,4-7,9H2,1-3H3. The van der Waals surface area contributed by atoms with Crippen LogP contribution in [0.4, 0.5) is 0 Å². The average Bonchev–Trinajstić information content (AvgIpc) is 2.88. The van der Waals surface area contributed by atoms with Gasteiger partial charge >= 0.3 is 0 Å². The first-order valence-electron chi connectivity index (χ1n) is 7.07. The molecule has 4 unspecified atom stereocenters. The van der Waals surface area contributed by atoms with Crippen LogP contribution in [-0.2, 0) is 4.79 Å². The SMILES string of the molecule is CC12CCC(C1)C(C)(C)C2N1CC(C#N)CC1=O. The Kier molecular flexibility index (Phi) is 2.33. The minimum atomic E-state index is -0.0870. The second kappa shape index (κ2) is 3.50. The first-order valence-corrected chi connectivity index (χ1v) is 7.07. The van der Waals surface area contributed by atoms with Crippen LogP contribution in [0, 0.1) is 34.0 Å². The summed E-state index contributed by atoms with van der Waals surface area (Å²) in [6, 6.07) is 2.61. The summed E-state index contributed by atoms with van der Waals surface area (Å²) < 4.78 is 0. The Labute approximate surface area is 109 Å². The summed E-state index contributed by atoms with van der Waals surface area (Å²) in [5, 5.41) is 9.04. The highest BCUT2D eigenvalue weighted by molar-refractivity contribution is 5.79. The molecule has 0 aromatic rings. The molecule has 1 aliphatic heterocycles. The van der Waals surface area contributed by atoms with Crippen LogP contribution < -0.4 is 0 Å². The molecule has 3 nitrogen and oxygen atoms in total. The Morgan fingerprint density at radius 3 is 2.61 bits per heavy atom. The average molecular weight is 246 g/mol. The van der Waals surface area contributed by atoms with Crippen LogP contribution in [-0.4, -0.2) is 23.4 Å². The molecule has 2 bridgehead atoms. The van der Waals surface area contributed by atoms with Gasteiger partial charge in [-0.05, 0) is 36.0 Å². The Bertz CT molecular complexity index is 432. The lowest BCUT2D eigenvalue weighted by Crippen LogP contribution is -2.53. The molecule has 3 fully saturated rings. The second-order valence-electron chi connectivity index (χ2n) is 7.39. The first kappa shape index (κ1) is 12.0. The van der Waals surface area contributed by atoms with Crippen molar-refractivity contribution in [2.75, 3.05) is 6.54 Å². The molecular weight excluding hydrogens is 224 g/mol. The minimum Gasteiger partial charge on any atom is -0.337 e. The van der Waals surface area contributed by atoms with Crippen LogP contribution in [0.15, 0.2) is 0 Å². The van der Waals surface area contributed by atoms with Gasteiger partial charge in [0.2, 0.25) is 5.91 Å². The number of nitrogens with zero attached hydrogens (tertiary/aromatic N) is 2. The molecule has 0 aromatic carbocycles. The third-order valence-corrected chi connectivity index (χ3v) is 5.85. The first-order chi connectivity index (χ1) is 8.38. The van der Waals surface area contributed by atoms with Crippen LogP contribution in [0.25, 0.3) is 0 Å². The molecule has 0 radical (unpaired) electrons. The molecule has 98 valence electrons. The van der Waals surface area contributed by atoms with Gasteiger partial charge in [-0.3, -0.25) is 4.79 Å². The molecule has 18 heavy (non-hydrogen) atoms. The predicted molar refractivity (Wildman–Crippen MR) is 68.5 cm³/mol. The van der Waals surface area contributed by atoms with Crippen molar-refractivity contribution in [1.29, 1.82) is 5.26 Å². The van der Waals surface area contributed by atoms with Crippen molar-refractivity contribution >= 4 is 5.91 Å². The van der Waals surface area contributed by atoms with Crippen LogP contribution in [0.2, 0.25) is 0 Å². The highest BCUT2D eigenvalue weighted by Gasteiger charge is 2.62. The minimum absolute atomic E-state index is 0.0870. The molecule has 1 heterocycles. The summed E-state index contributed by atoms with van der Waals surface area (Å²) in [5.41, 5.74) is 0.501. The number of rotatable bonds is 1. The van der Waals surface area contributed by atoms with Crippen molar-refractivity contribution in [3.63, 3.8) is 0 Å². The zero-order valence-electron chi connectivity index (χ0n) is 11.6. The summed E-state index contributed by atoms with van der Waals surface area (Å²) in [7, 11) is 0. The lowest BCUT2D eigenvalue weighted by molar-refractivity contribution is -0.135. The van der Waals surface area contributed by atoms with Crippen molar-refractivity contribution in [2.45, 2.75) is 52.5 Å². The number of carbonyl (C=O) groups is 1. The largest absolute Gasteiger partial charge is 0.337 e. The fourth-order valence-corrected chi connectivity index (χ4v) is 5.12. The highest BCUT2D eigenvalue weighted by atomic mass is 16.2. The second-order valence-corrected chi connectivity index (χ2v) is 7.39. The topological polar surface area (TPSA) is 44.1 Å². The van der Waals surface area contributed by atoms with Crippen molar-refractivity contribution in [3.05, 3.63) is 0 Å². The molecule has 0 aromatic heterocycles. The summed E-state index contributed by atoms with van der Waals surface area (Å²) >= 11 is 0. The molecule has 2 aliphatic carbocycles. The number of nitriles is 1. The summed E-state index contributed by atoms with van der Waals surface area (Å²) in [5.74, 6) is 0.867. The molecule has 3 aliphatic rings. The molecule has 3 heteroatoms. The molecule has 0 N–H and O–H groups in total. The van der Waals surface area contributed by atoms with E-state index in [1.165, 1.54) is 19.3 Å². The molecule has 2 saturated carbocycles. The van der Waals surface area contributed by atoms with E-state index in [1.807, 2.05) is 4.90 Å². The molecule has 3 rings (SSSR count). The quantitative estimate of drug-likeness (QED) is 0.713. The normalized spacial score (nSPS) is 45.6. The molecular formula is C15H22N2O. The number of fused-ring (bicyclic) bond motifs is 2. The van der Waals surface area contributed by atoms with E-state index >= 15 is 0 Å². The van der Waals surface area contributed by atoms with Crippen LogP contribution in [0.1, 0.15) is 46.5 Å². The van der Waals surface area contributed by atoms with Crippen molar-refractivity contribution < 1.29 is 4.79 Å². The van der Waals surface area contributed by atoms with Gasteiger partial charge in [-0.25, -0.2) is 0 Å². The van der Waals surface area contributed by atoms with Gasteiger partial charge in [0, 0.05) is 19.0 Å². The van der Waals surface area contributed by atoms with E-state index in [9.17, 15) is 4.79 Å². The molecule has 0 spiro atoms. The third kappa shape index (κ3) is 1.38. The van der Waals surface area contributed by atoms with Gasteiger partial charge in [0.15, 0.2) is 0 Å². The van der Waals surface area contributed by atoms with Crippen LogP contribution in [0.3, 0.4) is 0 Å². The third-order valence-electron chi connectivity index (χ3n) is 5.85. The predicted octanol–water partition coefficient (Wildman–Crippen LogP) is 2.57. The Morgan fingerprint density at radius 2 is 2.11 bits per heavy atom. The van der Waals surface area contributed by atoms with Crippen LogP contribution in [0.5, 0.6) is 0 Å². The smallest absolute Gasteiger partial charge is 0.224 e. The van der Waals surface area contributed by atoms with Crippen LogP contribution >= 0.6 is 0 Å². The highest BCUT2D eigenvalue weighted by Crippen LogP contribution is 2.64. The zero-order chi connectivity index (χ0) is 13.1. The lowest BCUT2D eigenvalue weighted by atomic mass is 9.67. The Morgan fingerprint density at radius 1 is 1.39 bits per heavy atom. The number of hydrogen-bond donors (Lipinski definition) is 0. The fourth-order valence-electron chi connectivity index (χ4n) is 5.12. The van der Waals surface area contributed by atoms with E-state index in [-0.39, 0.29) is 22.7 Å². The monoisotopic (exact) mass is 246 g/mol. The maximum atomic E-state index is 12.2. The van der Waals surface area contributed by atoms with E-state index < -0.39 is 0 Å². The van der Waals surface area contributed by atoms with Gasteiger partial charge in [-0.1, -0.05) is 20.8 Å². The number of amides is 1. The van der Waals surface area contributed by atoms with E-state index in [1.54, 1.807) is 0 Å². The Hall–Kier alpha value is -1.04.